The summed E-state index contributed by atoms with van der Waals surface area (Å²) in [6.45, 7) is 2.31. The lowest BCUT2D eigenvalue weighted by Gasteiger charge is -2.22. The summed E-state index contributed by atoms with van der Waals surface area (Å²) < 4.78 is 5.48. The van der Waals surface area contributed by atoms with Gasteiger partial charge in [-0.15, -0.1) is 0 Å². The number of primary amides is 1. The summed E-state index contributed by atoms with van der Waals surface area (Å²) in [5.74, 6) is -0.283. The highest BCUT2D eigenvalue weighted by molar-refractivity contribution is 5.83. The lowest BCUT2D eigenvalue weighted by atomic mass is 10.2. The molecule has 0 saturated carbocycles. The standard InChI is InChI=1S/C17H24N4O4/c18-17(24)19-11-15(22)20-7-4-8-21(10-9-20)16(23)13-25-12-14-5-2-1-3-6-14/h1-3,5-6H,4,7-13H2,(H3,18,19,24). The van der Waals surface area contributed by atoms with Gasteiger partial charge < -0.3 is 25.6 Å². The molecule has 0 unspecified atom stereocenters. The minimum atomic E-state index is -0.726. The van der Waals surface area contributed by atoms with Crippen molar-refractivity contribution in [2.45, 2.75) is 13.0 Å². The van der Waals surface area contributed by atoms with E-state index in [1.165, 1.54) is 0 Å². The first-order valence-corrected chi connectivity index (χ1v) is 8.27. The molecule has 3 N–H and O–H groups in total. The van der Waals surface area contributed by atoms with E-state index >= 15 is 0 Å². The molecule has 1 heterocycles. The number of hydrogen-bond donors (Lipinski definition) is 2. The van der Waals surface area contributed by atoms with Crippen molar-refractivity contribution in [2.75, 3.05) is 39.3 Å². The van der Waals surface area contributed by atoms with Gasteiger partial charge in [-0.25, -0.2) is 4.79 Å². The van der Waals surface area contributed by atoms with Crippen LogP contribution in [0.5, 0.6) is 0 Å². The van der Waals surface area contributed by atoms with E-state index in [2.05, 4.69) is 5.32 Å². The van der Waals surface area contributed by atoms with E-state index in [1.807, 2.05) is 30.3 Å². The molecule has 0 bridgehead atoms. The molecule has 25 heavy (non-hydrogen) atoms. The molecule has 0 radical (unpaired) electrons. The van der Waals surface area contributed by atoms with Crippen LogP contribution in [0.25, 0.3) is 0 Å². The first kappa shape index (κ1) is 18.7. The summed E-state index contributed by atoms with van der Waals surface area (Å²) in [6, 6.07) is 8.94. The van der Waals surface area contributed by atoms with Crippen LogP contribution >= 0.6 is 0 Å². The molecule has 0 aromatic heterocycles. The molecule has 1 aliphatic heterocycles. The van der Waals surface area contributed by atoms with Crippen LogP contribution in [0, 0.1) is 0 Å². The second-order valence-corrected chi connectivity index (χ2v) is 5.81. The number of urea groups is 1. The maximum absolute atomic E-state index is 12.3. The molecule has 2 rings (SSSR count). The van der Waals surface area contributed by atoms with Crippen LogP contribution in [-0.4, -0.2) is 67.0 Å². The van der Waals surface area contributed by atoms with Crippen molar-refractivity contribution in [2.24, 2.45) is 5.73 Å². The molecule has 0 atom stereocenters. The molecule has 8 heteroatoms. The summed E-state index contributed by atoms with van der Waals surface area (Å²) in [7, 11) is 0. The first-order chi connectivity index (χ1) is 12.1. The van der Waals surface area contributed by atoms with Gasteiger partial charge in [0.15, 0.2) is 0 Å². The zero-order chi connectivity index (χ0) is 18.1. The fourth-order valence-corrected chi connectivity index (χ4v) is 2.61. The number of amides is 4. The van der Waals surface area contributed by atoms with Crippen LogP contribution in [0.2, 0.25) is 0 Å². The zero-order valence-electron chi connectivity index (χ0n) is 14.1. The molecule has 0 spiro atoms. The molecule has 1 aromatic carbocycles. The van der Waals surface area contributed by atoms with E-state index < -0.39 is 6.03 Å². The van der Waals surface area contributed by atoms with E-state index in [-0.39, 0.29) is 25.0 Å². The summed E-state index contributed by atoms with van der Waals surface area (Å²) in [6.07, 6.45) is 0.687. The maximum atomic E-state index is 12.3. The minimum Gasteiger partial charge on any atom is -0.367 e. The fraction of sp³-hybridized carbons (Fsp3) is 0.471. The first-order valence-electron chi connectivity index (χ1n) is 8.27. The molecule has 1 saturated heterocycles. The Kier molecular flexibility index (Phi) is 7.21. The molecule has 1 aromatic rings. The van der Waals surface area contributed by atoms with Gasteiger partial charge in [0.05, 0.1) is 13.2 Å². The van der Waals surface area contributed by atoms with Crippen LogP contribution in [0.15, 0.2) is 30.3 Å². The zero-order valence-corrected chi connectivity index (χ0v) is 14.1. The highest BCUT2D eigenvalue weighted by Gasteiger charge is 2.22. The Morgan fingerprint density at radius 3 is 2.28 bits per heavy atom. The SMILES string of the molecule is NC(=O)NCC(=O)N1CCCN(C(=O)COCc2ccccc2)CC1. The number of carbonyl (C=O) groups excluding carboxylic acids is 3. The number of nitrogens with zero attached hydrogens (tertiary/aromatic N) is 2. The quantitative estimate of drug-likeness (QED) is 0.751. The Morgan fingerprint density at radius 2 is 1.64 bits per heavy atom. The average molecular weight is 348 g/mol. The number of ether oxygens (including phenoxy) is 1. The highest BCUT2D eigenvalue weighted by atomic mass is 16.5. The van der Waals surface area contributed by atoms with Gasteiger partial charge in [0.1, 0.15) is 6.61 Å². The van der Waals surface area contributed by atoms with Crippen molar-refractivity contribution in [1.82, 2.24) is 15.1 Å². The lowest BCUT2D eigenvalue weighted by Crippen LogP contribution is -2.43. The number of hydrogen-bond acceptors (Lipinski definition) is 4. The van der Waals surface area contributed by atoms with Gasteiger partial charge in [0, 0.05) is 26.2 Å². The van der Waals surface area contributed by atoms with E-state index in [0.29, 0.717) is 39.2 Å². The molecule has 8 nitrogen and oxygen atoms in total. The highest BCUT2D eigenvalue weighted by Crippen LogP contribution is 2.05. The van der Waals surface area contributed by atoms with Gasteiger partial charge in [0.25, 0.3) is 0 Å². The Balaban J connectivity index is 1.73. The topological polar surface area (TPSA) is 105 Å². The molecule has 136 valence electrons. The molecule has 4 amide bonds. The van der Waals surface area contributed by atoms with Crippen LogP contribution in [0.1, 0.15) is 12.0 Å². The van der Waals surface area contributed by atoms with Gasteiger partial charge >= 0.3 is 6.03 Å². The lowest BCUT2D eigenvalue weighted by molar-refractivity contribution is -0.137. The molecule has 1 aliphatic rings. The van der Waals surface area contributed by atoms with Crippen molar-refractivity contribution in [3.63, 3.8) is 0 Å². The average Bonchev–Trinajstić information content (AvgIpc) is 2.87. The Hall–Kier alpha value is -2.61. The number of rotatable bonds is 6. The van der Waals surface area contributed by atoms with Crippen molar-refractivity contribution >= 4 is 17.8 Å². The van der Waals surface area contributed by atoms with Crippen LogP contribution in [0.4, 0.5) is 4.79 Å². The Bertz CT molecular complexity index is 594. The normalized spacial score (nSPS) is 14.7. The maximum Gasteiger partial charge on any atom is 0.312 e. The van der Waals surface area contributed by atoms with E-state index in [9.17, 15) is 14.4 Å². The second-order valence-electron chi connectivity index (χ2n) is 5.81. The predicted molar refractivity (Wildman–Crippen MR) is 91.5 cm³/mol. The van der Waals surface area contributed by atoms with Crippen LogP contribution in [0.3, 0.4) is 0 Å². The fourth-order valence-electron chi connectivity index (χ4n) is 2.61. The molecule has 0 aliphatic carbocycles. The van der Waals surface area contributed by atoms with Crippen molar-refractivity contribution in [3.05, 3.63) is 35.9 Å². The molecular formula is C17H24N4O4. The summed E-state index contributed by atoms with van der Waals surface area (Å²) in [4.78, 5) is 38.3. The summed E-state index contributed by atoms with van der Waals surface area (Å²) in [5.41, 5.74) is 5.98. The van der Waals surface area contributed by atoms with Crippen molar-refractivity contribution in [1.29, 1.82) is 0 Å². The van der Waals surface area contributed by atoms with Gasteiger partial charge in [-0.3, -0.25) is 9.59 Å². The number of benzene rings is 1. The van der Waals surface area contributed by atoms with Gasteiger partial charge in [-0.05, 0) is 12.0 Å². The van der Waals surface area contributed by atoms with Crippen molar-refractivity contribution < 1.29 is 19.1 Å². The predicted octanol–water partition coefficient (Wildman–Crippen LogP) is -0.0676. The minimum absolute atomic E-state index is 0.0199. The van der Waals surface area contributed by atoms with Crippen LogP contribution < -0.4 is 11.1 Å². The monoisotopic (exact) mass is 348 g/mol. The Labute approximate surface area is 146 Å². The van der Waals surface area contributed by atoms with Gasteiger partial charge in [-0.1, -0.05) is 30.3 Å². The third-order valence-electron chi connectivity index (χ3n) is 3.95. The van der Waals surface area contributed by atoms with Crippen LogP contribution in [-0.2, 0) is 20.9 Å². The summed E-state index contributed by atoms with van der Waals surface area (Å²) >= 11 is 0. The van der Waals surface area contributed by atoms with E-state index in [1.54, 1.807) is 9.80 Å². The van der Waals surface area contributed by atoms with E-state index in [0.717, 1.165) is 5.56 Å². The van der Waals surface area contributed by atoms with Gasteiger partial charge in [0.2, 0.25) is 11.8 Å². The molecular weight excluding hydrogens is 324 g/mol. The van der Waals surface area contributed by atoms with E-state index in [4.69, 9.17) is 10.5 Å². The smallest absolute Gasteiger partial charge is 0.312 e. The van der Waals surface area contributed by atoms with Gasteiger partial charge in [-0.2, -0.15) is 0 Å². The van der Waals surface area contributed by atoms with Crippen molar-refractivity contribution in [3.8, 4) is 0 Å². The largest absolute Gasteiger partial charge is 0.367 e. The third kappa shape index (κ3) is 6.42. The molecule has 1 fully saturated rings. The second kappa shape index (κ2) is 9.63. The number of carbonyl (C=O) groups is 3. The number of nitrogens with one attached hydrogen (secondary N) is 1. The Morgan fingerprint density at radius 1 is 1.00 bits per heavy atom. The number of nitrogens with two attached hydrogens (primary N) is 1. The summed E-state index contributed by atoms with van der Waals surface area (Å²) in [5, 5.41) is 2.29. The third-order valence-corrected chi connectivity index (χ3v) is 3.95.